The Kier molecular flexibility index (Phi) is 12.8. The van der Waals surface area contributed by atoms with Crippen LogP contribution in [-0.2, 0) is 19.1 Å². The zero-order valence-electron chi connectivity index (χ0n) is 40.2. The minimum absolute atomic E-state index is 0.0345. The number of phenolic OH excluding ortho intramolecular Hbond substituents is 1. The summed E-state index contributed by atoms with van der Waals surface area (Å²) in [6, 6.07) is 9.38. The zero-order chi connectivity index (χ0) is 51.4. The molecule has 5 atom stereocenters. The number of phenols is 1. The summed E-state index contributed by atoms with van der Waals surface area (Å²) < 4.78 is 50.1. The van der Waals surface area contributed by atoms with Gasteiger partial charge in [-0.2, -0.15) is 9.97 Å². The lowest BCUT2D eigenvalue weighted by molar-refractivity contribution is -0.136. The molecule has 0 spiro atoms. The number of piperidine rings is 1. The number of aromatic hydroxyl groups is 1. The molecule has 0 aliphatic carbocycles. The van der Waals surface area contributed by atoms with Crippen molar-refractivity contribution in [2.45, 2.75) is 74.7 Å². The second-order valence-corrected chi connectivity index (χ2v) is 19.7. The number of fused-ring (bicyclic) bond motifs is 6. The fourth-order valence-electron chi connectivity index (χ4n) is 11.6. The summed E-state index contributed by atoms with van der Waals surface area (Å²) in [7, 11) is 0. The average Bonchev–Trinajstić information content (AvgIpc) is 4.09. The van der Waals surface area contributed by atoms with E-state index in [9.17, 15) is 29.1 Å². The number of nitrogens with zero attached hydrogens (tertiary/aromatic N) is 6. The number of anilines is 2. The van der Waals surface area contributed by atoms with Gasteiger partial charge >= 0.3 is 12.1 Å². The van der Waals surface area contributed by atoms with Gasteiger partial charge in [-0.1, -0.05) is 24.1 Å². The second-order valence-electron chi connectivity index (χ2n) is 19.7. The third kappa shape index (κ3) is 8.96. The molecule has 0 saturated carbocycles. The highest BCUT2D eigenvalue weighted by molar-refractivity contribution is 6.23. The number of alkyl carbamates (subject to hydrolysis) is 1. The molecule has 6 aliphatic heterocycles. The third-order valence-corrected chi connectivity index (χ3v) is 15.0. The van der Waals surface area contributed by atoms with Crippen LogP contribution in [-0.4, -0.2) is 148 Å². The Labute approximate surface area is 423 Å². The number of ether oxygens (including phenoxy) is 3. The molecule has 5 amide bonds. The molecule has 8 heterocycles. The van der Waals surface area contributed by atoms with Crippen molar-refractivity contribution in [3.05, 3.63) is 89.1 Å². The Bertz CT molecular complexity index is 3230. The van der Waals surface area contributed by atoms with Crippen LogP contribution in [0.2, 0.25) is 0 Å². The molecule has 11 rings (SSSR count). The number of imide groups is 2. The number of halogens is 2. The van der Waals surface area contributed by atoms with Crippen molar-refractivity contribution < 1.29 is 52.1 Å². The number of piperazine rings is 1. The Morgan fingerprint density at radius 3 is 2.57 bits per heavy atom. The number of amides is 5. The maximum atomic E-state index is 17.2. The highest BCUT2D eigenvalue weighted by Gasteiger charge is 2.52. The summed E-state index contributed by atoms with van der Waals surface area (Å²) in [4.78, 5) is 82.4. The molecule has 2 bridgehead atoms. The molecule has 3 unspecified atom stereocenters. The minimum Gasteiger partial charge on any atom is -0.508 e. The van der Waals surface area contributed by atoms with Crippen LogP contribution in [0.4, 0.5) is 25.1 Å². The molecule has 5 aromatic rings. The van der Waals surface area contributed by atoms with E-state index in [1.807, 2.05) is 0 Å². The number of hydrogen-bond donors (Lipinski definition) is 5. The summed E-state index contributed by atoms with van der Waals surface area (Å²) in [5, 5.41) is 23.4. The highest BCUT2D eigenvalue weighted by atomic mass is 19.1. The molecular formula is C53H52F2N10O9. The number of rotatable bonds is 15. The van der Waals surface area contributed by atoms with Crippen LogP contribution in [0.15, 0.2) is 60.8 Å². The summed E-state index contributed by atoms with van der Waals surface area (Å²) >= 11 is 0. The van der Waals surface area contributed by atoms with Gasteiger partial charge in [-0.05, 0) is 80.3 Å². The number of carbonyl (C=O) groups is 5. The quantitative estimate of drug-likeness (QED) is 0.0419. The van der Waals surface area contributed by atoms with Gasteiger partial charge in [0.1, 0.15) is 47.9 Å². The molecule has 74 heavy (non-hydrogen) atoms. The van der Waals surface area contributed by atoms with Crippen LogP contribution in [0.1, 0.15) is 71.2 Å². The molecule has 5 N–H and O–H groups in total. The molecular weight excluding hydrogens is 959 g/mol. The van der Waals surface area contributed by atoms with Crippen LogP contribution in [0.25, 0.3) is 32.9 Å². The smallest absolute Gasteiger partial charge is 0.407 e. The van der Waals surface area contributed by atoms with Gasteiger partial charge < -0.3 is 40.2 Å². The van der Waals surface area contributed by atoms with E-state index in [0.717, 1.165) is 23.3 Å². The van der Waals surface area contributed by atoms with Crippen molar-refractivity contribution in [2.75, 3.05) is 69.4 Å². The maximum Gasteiger partial charge on any atom is 0.407 e. The normalized spacial score (nSPS) is 23.3. The number of nitrogens with one attached hydrogen (secondary N) is 4. The maximum absolute atomic E-state index is 17.2. The minimum atomic E-state index is -1.05. The lowest BCUT2D eigenvalue weighted by Crippen LogP contribution is -2.54. The SMILES string of the molecule is C#Cc1c(F)ccc2cc(O)cc(-c3ncc4c(N5CC6CCC(C5)N6)nc(OC[C@@]56CC[C@@H](COC(=O)NCCOCCNc7ccc8c(c7)C(=O)N(C7CCC(=O)NC7=O)C8=O)N5CC(=C)C6)nc4c3F)c12. The standard InChI is InChI=1S/C53H52F2N10O9/c1-3-35-40(54)9-4-29-18-34(66)20-38(43(29)35)45-44(55)46-39(22-58-45)47(63-24-31-5-6-32(25-63)59-31)62-51(61-46)74-27-53-13-12-33(64(53)23-28(2)21-53)26-73-52(71)57-15-17-72-16-14-56-30-7-8-36-37(19-30)50(70)65(49(36)69)41-10-11-42(67)60-48(41)68/h1,4,7-9,18-20,22,31-33,41,56,59,66H,2,5-6,10-17,21,23-27H2,(H,57,71)(H,60,67,68)/t31?,32?,33-,41?,53-/m0/s1. The van der Waals surface area contributed by atoms with E-state index in [1.54, 1.807) is 12.1 Å². The van der Waals surface area contributed by atoms with E-state index in [0.29, 0.717) is 67.7 Å². The first-order valence-electron chi connectivity index (χ1n) is 24.7. The summed E-state index contributed by atoms with van der Waals surface area (Å²) in [6.07, 6.45) is 10.8. The van der Waals surface area contributed by atoms with Gasteiger partial charge in [-0.25, -0.2) is 13.6 Å². The number of carbonyl (C=O) groups excluding carboxylic acids is 5. The van der Waals surface area contributed by atoms with Gasteiger partial charge in [0, 0.05) is 80.1 Å². The first kappa shape index (κ1) is 48.5. The molecule has 2 aromatic heterocycles. The van der Waals surface area contributed by atoms with Crippen molar-refractivity contribution in [3.63, 3.8) is 0 Å². The van der Waals surface area contributed by atoms with Crippen LogP contribution in [0, 0.1) is 24.0 Å². The van der Waals surface area contributed by atoms with Crippen LogP contribution in [0.5, 0.6) is 11.8 Å². The van der Waals surface area contributed by atoms with Crippen LogP contribution < -0.4 is 30.9 Å². The summed E-state index contributed by atoms with van der Waals surface area (Å²) in [6.45, 7) is 7.38. The Morgan fingerprint density at radius 1 is 0.973 bits per heavy atom. The van der Waals surface area contributed by atoms with E-state index in [2.05, 4.69) is 53.5 Å². The number of hydrogen-bond acceptors (Lipinski definition) is 16. The Balaban J connectivity index is 0.705. The van der Waals surface area contributed by atoms with E-state index < -0.39 is 52.9 Å². The van der Waals surface area contributed by atoms with Crippen LogP contribution >= 0.6 is 0 Å². The lowest BCUT2D eigenvalue weighted by atomic mass is 9.94. The van der Waals surface area contributed by atoms with E-state index in [1.165, 1.54) is 36.5 Å². The van der Waals surface area contributed by atoms with Gasteiger partial charge in [0.05, 0.1) is 40.8 Å². The van der Waals surface area contributed by atoms with Gasteiger partial charge in [-0.3, -0.25) is 39.3 Å². The van der Waals surface area contributed by atoms with E-state index in [4.69, 9.17) is 25.6 Å². The van der Waals surface area contributed by atoms with Crippen molar-refractivity contribution in [1.82, 2.24) is 40.7 Å². The van der Waals surface area contributed by atoms with Gasteiger partial charge in [0.25, 0.3) is 11.8 Å². The van der Waals surface area contributed by atoms with Crippen LogP contribution in [0.3, 0.4) is 0 Å². The number of benzene rings is 3. The number of pyridine rings is 1. The monoisotopic (exact) mass is 1010 g/mol. The summed E-state index contributed by atoms with van der Waals surface area (Å²) in [5.74, 6) is -1.09. The van der Waals surface area contributed by atoms with Crippen molar-refractivity contribution >= 4 is 62.9 Å². The third-order valence-electron chi connectivity index (χ3n) is 15.0. The van der Waals surface area contributed by atoms with E-state index >= 15 is 8.78 Å². The predicted molar refractivity (Wildman–Crippen MR) is 265 cm³/mol. The average molecular weight is 1010 g/mol. The molecule has 382 valence electrons. The van der Waals surface area contributed by atoms with Gasteiger partial charge in [-0.15, -0.1) is 6.42 Å². The topological polar surface area (TPSA) is 230 Å². The zero-order valence-corrected chi connectivity index (χ0v) is 40.2. The number of terminal acetylenes is 1. The Morgan fingerprint density at radius 2 is 1.77 bits per heavy atom. The molecule has 5 saturated heterocycles. The van der Waals surface area contributed by atoms with Crippen molar-refractivity contribution in [2.24, 2.45) is 0 Å². The highest BCUT2D eigenvalue weighted by Crippen LogP contribution is 2.45. The fourth-order valence-corrected chi connectivity index (χ4v) is 11.6. The molecule has 0 radical (unpaired) electrons. The van der Waals surface area contributed by atoms with Gasteiger partial charge in [0.15, 0.2) is 5.82 Å². The van der Waals surface area contributed by atoms with Crippen molar-refractivity contribution in [3.8, 4) is 35.4 Å². The lowest BCUT2D eigenvalue weighted by Gasteiger charge is -2.35. The van der Waals surface area contributed by atoms with E-state index in [-0.39, 0.29) is 115 Å². The number of aromatic nitrogens is 3. The predicted octanol–water partition coefficient (Wildman–Crippen LogP) is 4.55. The molecule has 21 heteroatoms. The van der Waals surface area contributed by atoms with Crippen molar-refractivity contribution in [1.29, 1.82) is 0 Å². The molecule has 3 aromatic carbocycles. The molecule has 6 aliphatic rings. The Hall–Kier alpha value is -7.80. The first-order chi connectivity index (χ1) is 35.8. The fraction of sp³-hybridized carbons (Fsp3) is 0.396. The second kappa shape index (κ2) is 19.6. The molecule has 5 fully saturated rings. The summed E-state index contributed by atoms with van der Waals surface area (Å²) in [5.41, 5.74) is 1.19. The first-order valence-corrected chi connectivity index (χ1v) is 24.7. The van der Waals surface area contributed by atoms with Gasteiger partial charge in [0.2, 0.25) is 11.8 Å². The largest absolute Gasteiger partial charge is 0.508 e. The molecule has 19 nitrogen and oxygen atoms in total.